The summed E-state index contributed by atoms with van der Waals surface area (Å²) in [6.45, 7) is 4.25. The molecule has 1 aromatic heterocycles. The molecule has 1 amide bonds. The minimum Gasteiger partial charge on any atom is -0.325 e. The summed E-state index contributed by atoms with van der Waals surface area (Å²) < 4.78 is 0. The summed E-state index contributed by atoms with van der Waals surface area (Å²) in [5.74, 6) is -0.0463. The van der Waals surface area contributed by atoms with Crippen molar-refractivity contribution in [1.29, 1.82) is 0 Å². The Morgan fingerprint density at radius 2 is 2.05 bits per heavy atom. The van der Waals surface area contributed by atoms with Crippen LogP contribution >= 0.6 is 0 Å². The van der Waals surface area contributed by atoms with Crippen molar-refractivity contribution in [2.75, 3.05) is 11.9 Å². The van der Waals surface area contributed by atoms with Gasteiger partial charge in [0, 0.05) is 24.1 Å². The van der Waals surface area contributed by atoms with Gasteiger partial charge in [0.05, 0.1) is 6.54 Å². The lowest BCUT2D eigenvalue weighted by molar-refractivity contribution is -0.115. The van der Waals surface area contributed by atoms with E-state index >= 15 is 0 Å². The van der Waals surface area contributed by atoms with Gasteiger partial charge >= 0.3 is 0 Å². The first-order valence-corrected chi connectivity index (χ1v) is 6.65. The van der Waals surface area contributed by atoms with E-state index in [1.807, 2.05) is 50.2 Å². The quantitative estimate of drug-likeness (QED) is 0.877. The number of pyridine rings is 1. The molecule has 1 unspecified atom stereocenters. The largest absolute Gasteiger partial charge is 0.325 e. The van der Waals surface area contributed by atoms with Gasteiger partial charge in [-0.3, -0.25) is 9.78 Å². The van der Waals surface area contributed by atoms with Gasteiger partial charge in [0.1, 0.15) is 0 Å². The normalized spacial score (nSPS) is 11.9. The highest BCUT2D eigenvalue weighted by Crippen LogP contribution is 2.13. The summed E-state index contributed by atoms with van der Waals surface area (Å²) in [4.78, 5) is 16.0. The summed E-state index contributed by atoms with van der Waals surface area (Å²) in [5.41, 5.74) is 2.98. The lowest BCUT2D eigenvalue weighted by Crippen LogP contribution is -2.30. The van der Waals surface area contributed by atoms with E-state index in [4.69, 9.17) is 0 Å². The van der Waals surface area contributed by atoms with Crippen LogP contribution in [0.3, 0.4) is 0 Å². The van der Waals surface area contributed by atoms with E-state index in [9.17, 15) is 4.79 Å². The van der Waals surface area contributed by atoms with Crippen molar-refractivity contribution in [3.63, 3.8) is 0 Å². The lowest BCUT2D eigenvalue weighted by atomic mass is 10.1. The lowest BCUT2D eigenvalue weighted by Gasteiger charge is -2.14. The van der Waals surface area contributed by atoms with Gasteiger partial charge in [0.15, 0.2) is 0 Å². The fourth-order valence-corrected chi connectivity index (χ4v) is 1.90. The van der Waals surface area contributed by atoms with Crippen LogP contribution in [0.1, 0.15) is 24.1 Å². The number of carbonyl (C=O) groups is 1. The smallest absolute Gasteiger partial charge is 0.238 e. The van der Waals surface area contributed by atoms with E-state index in [2.05, 4.69) is 15.6 Å². The number of hydrogen-bond donors (Lipinski definition) is 2. The second-order valence-electron chi connectivity index (χ2n) is 4.75. The van der Waals surface area contributed by atoms with Crippen LogP contribution in [0.25, 0.3) is 0 Å². The van der Waals surface area contributed by atoms with E-state index in [-0.39, 0.29) is 18.5 Å². The van der Waals surface area contributed by atoms with Crippen molar-refractivity contribution in [2.45, 2.75) is 19.9 Å². The Bertz CT molecular complexity index is 569. The van der Waals surface area contributed by atoms with Crippen LogP contribution in [0, 0.1) is 6.92 Å². The molecule has 104 valence electrons. The van der Waals surface area contributed by atoms with Crippen LogP contribution in [0.4, 0.5) is 5.69 Å². The summed E-state index contributed by atoms with van der Waals surface area (Å²) in [5, 5.41) is 6.09. The standard InChI is InChI=1S/C16H19N3O/c1-12-6-3-4-8-15(12)19-16(20)11-18-13(2)14-7-5-9-17-10-14/h3-10,13,18H,11H2,1-2H3,(H,19,20). The number of nitrogens with zero attached hydrogens (tertiary/aromatic N) is 1. The van der Waals surface area contributed by atoms with Gasteiger partial charge in [-0.15, -0.1) is 0 Å². The average Bonchev–Trinajstić information content (AvgIpc) is 2.48. The molecule has 0 saturated carbocycles. The number of hydrogen-bond acceptors (Lipinski definition) is 3. The molecule has 0 aliphatic heterocycles. The third-order valence-electron chi connectivity index (χ3n) is 3.17. The average molecular weight is 269 g/mol. The minimum absolute atomic E-state index is 0.0463. The number of amides is 1. The highest BCUT2D eigenvalue weighted by atomic mass is 16.1. The zero-order valence-corrected chi connectivity index (χ0v) is 11.8. The van der Waals surface area contributed by atoms with E-state index in [1.54, 1.807) is 12.4 Å². The number of anilines is 1. The van der Waals surface area contributed by atoms with Crippen molar-refractivity contribution < 1.29 is 4.79 Å². The predicted molar refractivity (Wildman–Crippen MR) is 80.5 cm³/mol. The molecule has 2 aromatic rings. The summed E-state index contributed by atoms with van der Waals surface area (Å²) in [6.07, 6.45) is 3.54. The molecule has 0 aliphatic rings. The maximum atomic E-state index is 11.9. The van der Waals surface area contributed by atoms with Crippen molar-refractivity contribution in [3.8, 4) is 0 Å². The zero-order chi connectivity index (χ0) is 14.4. The summed E-state index contributed by atoms with van der Waals surface area (Å²) in [7, 11) is 0. The molecule has 4 heteroatoms. The molecule has 0 bridgehead atoms. The van der Waals surface area contributed by atoms with Crippen LogP contribution in [0.15, 0.2) is 48.8 Å². The van der Waals surface area contributed by atoms with Gasteiger partial charge in [-0.05, 0) is 37.1 Å². The fourth-order valence-electron chi connectivity index (χ4n) is 1.90. The Labute approximate surface area is 119 Å². The van der Waals surface area contributed by atoms with Crippen molar-refractivity contribution in [3.05, 3.63) is 59.9 Å². The first-order chi connectivity index (χ1) is 9.66. The van der Waals surface area contributed by atoms with Crippen LogP contribution in [-0.2, 0) is 4.79 Å². The van der Waals surface area contributed by atoms with Crippen LogP contribution in [-0.4, -0.2) is 17.4 Å². The first kappa shape index (κ1) is 14.2. The minimum atomic E-state index is -0.0463. The number of carbonyl (C=O) groups excluding carboxylic acids is 1. The maximum Gasteiger partial charge on any atom is 0.238 e. The molecule has 0 radical (unpaired) electrons. The van der Waals surface area contributed by atoms with Crippen LogP contribution < -0.4 is 10.6 Å². The highest BCUT2D eigenvalue weighted by molar-refractivity contribution is 5.92. The van der Waals surface area contributed by atoms with Crippen molar-refractivity contribution in [2.24, 2.45) is 0 Å². The Kier molecular flexibility index (Phi) is 4.85. The second-order valence-corrected chi connectivity index (χ2v) is 4.75. The number of aryl methyl sites for hydroxylation is 1. The van der Waals surface area contributed by atoms with E-state index in [1.165, 1.54) is 0 Å². The number of benzene rings is 1. The third kappa shape index (κ3) is 3.90. The maximum absolute atomic E-state index is 11.9. The number of nitrogens with one attached hydrogen (secondary N) is 2. The van der Waals surface area contributed by atoms with Crippen molar-refractivity contribution >= 4 is 11.6 Å². The van der Waals surface area contributed by atoms with E-state index < -0.39 is 0 Å². The van der Waals surface area contributed by atoms with Gasteiger partial charge in [0.2, 0.25) is 5.91 Å². The molecule has 0 aliphatic carbocycles. The van der Waals surface area contributed by atoms with Gasteiger partial charge in [-0.2, -0.15) is 0 Å². The molecule has 1 aromatic carbocycles. The molecule has 0 saturated heterocycles. The second kappa shape index (κ2) is 6.82. The molecule has 1 atom stereocenters. The highest BCUT2D eigenvalue weighted by Gasteiger charge is 2.08. The van der Waals surface area contributed by atoms with Gasteiger partial charge < -0.3 is 10.6 Å². The number of para-hydroxylation sites is 1. The molecule has 0 fully saturated rings. The predicted octanol–water partition coefficient (Wildman–Crippen LogP) is 2.68. The van der Waals surface area contributed by atoms with Crippen LogP contribution in [0.2, 0.25) is 0 Å². The van der Waals surface area contributed by atoms with Crippen molar-refractivity contribution in [1.82, 2.24) is 10.3 Å². The van der Waals surface area contributed by atoms with Gasteiger partial charge in [-0.25, -0.2) is 0 Å². The SMILES string of the molecule is Cc1ccccc1NC(=O)CNC(C)c1cccnc1. The Balaban J connectivity index is 1.85. The molecule has 20 heavy (non-hydrogen) atoms. The molecule has 1 heterocycles. The molecular formula is C16H19N3O. The summed E-state index contributed by atoms with van der Waals surface area (Å²) in [6, 6.07) is 11.7. The molecular weight excluding hydrogens is 250 g/mol. The van der Waals surface area contributed by atoms with E-state index in [0.29, 0.717) is 0 Å². The monoisotopic (exact) mass is 269 g/mol. The first-order valence-electron chi connectivity index (χ1n) is 6.65. The van der Waals surface area contributed by atoms with Gasteiger partial charge in [0.25, 0.3) is 0 Å². The third-order valence-corrected chi connectivity index (χ3v) is 3.17. The fraction of sp³-hybridized carbons (Fsp3) is 0.250. The Morgan fingerprint density at radius 1 is 1.25 bits per heavy atom. The Hall–Kier alpha value is -2.20. The van der Waals surface area contributed by atoms with Gasteiger partial charge in [-0.1, -0.05) is 24.3 Å². The Morgan fingerprint density at radius 3 is 2.75 bits per heavy atom. The topological polar surface area (TPSA) is 54.0 Å². The number of rotatable bonds is 5. The van der Waals surface area contributed by atoms with E-state index in [0.717, 1.165) is 16.8 Å². The summed E-state index contributed by atoms with van der Waals surface area (Å²) >= 11 is 0. The zero-order valence-electron chi connectivity index (χ0n) is 11.8. The molecule has 2 rings (SSSR count). The molecule has 4 nitrogen and oxygen atoms in total. The van der Waals surface area contributed by atoms with Crippen LogP contribution in [0.5, 0.6) is 0 Å². The number of aromatic nitrogens is 1. The molecule has 0 spiro atoms. The molecule has 2 N–H and O–H groups in total.